The minimum absolute atomic E-state index is 0.638. The summed E-state index contributed by atoms with van der Waals surface area (Å²) in [6.07, 6.45) is 20.4. The van der Waals surface area contributed by atoms with Crippen LogP contribution >= 0.6 is 0 Å². The molecule has 3 saturated carbocycles. The third kappa shape index (κ3) is 6.55. The third-order valence-electron chi connectivity index (χ3n) is 7.18. The first-order valence-corrected chi connectivity index (χ1v) is 14.5. The van der Waals surface area contributed by atoms with Crippen LogP contribution in [0.25, 0.3) is 0 Å². The summed E-state index contributed by atoms with van der Waals surface area (Å²) in [6.45, 7) is 0. The van der Waals surface area contributed by atoms with Gasteiger partial charge in [-0.25, -0.2) is 0 Å². The summed E-state index contributed by atoms with van der Waals surface area (Å²) in [5.74, 6) is 0. The number of hydrogen-bond acceptors (Lipinski definition) is 4. The lowest BCUT2D eigenvalue weighted by atomic mass is 9.96. The summed E-state index contributed by atoms with van der Waals surface area (Å²) in [5.41, 5.74) is 1.24. The molecule has 162 valence electrons. The van der Waals surface area contributed by atoms with Gasteiger partial charge in [0.25, 0.3) is 0 Å². The van der Waals surface area contributed by atoms with Gasteiger partial charge in [-0.05, 0) is 50.7 Å². The van der Waals surface area contributed by atoms with Crippen molar-refractivity contribution in [2.24, 2.45) is 0 Å². The predicted molar refractivity (Wildman–Crippen MR) is 126 cm³/mol. The Morgan fingerprint density at radius 3 is 1.28 bits per heavy atom. The van der Waals surface area contributed by atoms with E-state index in [4.69, 9.17) is 0 Å². The molecule has 0 atom stereocenters. The van der Waals surface area contributed by atoms with E-state index < -0.39 is 8.72 Å². The second-order valence-electron chi connectivity index (χ2n) is 9.68. The first-order chi connectivity index (χ1) is 14.3. The zero-order valence-corrected chi connectivity index (χ0v) is 19.2. The lowest BCUT2D eigenvalue weighted by Gasteiger charge is -2.44. The standard InChI is InChI=1S/C24H42N4Si/c1-5-13-21(14-6-1)25-29(26-22-15-7-2-8-16-22,27-23-17-9-3-10-18-23)28-24-19-11-4-12-20-24/h1,5-6,13-14,22-28H,2-4,7-12,15-20H2. The van der Waals surface area contributed by atoms with Crippen LogP contribution in [0.2, 0.25) is 0 Å². The van der Waals surface area contributed by atoms with E-state index in [1.54, 1.807) is 0 Å². The smallest absolute Gasteiger partial charge is 0.374 e. The number of rotatable bonds is 8. The Labute approximate surface area is 179 Å². The zero-order chi connectivity index (χ0) is 19.8. The van der Waals surface area contributed by atoms with Gasteiger partial charge in [0.1, 0.15) is 0 Å². The van der Waals surface area contributed by atoms with Crippen molar-refractivity contribution in [1.82, 2.24) is 14.9 Å². The van der Waals surface area contributed by atoms with Crippen molar-refractivity contribution in [3.8, 4) is 0 Å². The Morgan fingerprint density at radius 1 is 0.517 bits per heavy atom. The molecular formula is C24H42N4Si. The van der Waals surface area contributed by atoms with Crippen LogP contribution in [0.5, 0.6) is 0 Å². The highest BCUT2D eigenvalue weighted by molar-refractivity contribution is 6.76. The number of benzene rings is 1. The van der Waals surface area contributed by atoms with Crippen LogP contribution in [0.3, 0.4) is 0 Å². The lowest BCUT2D eigenvalue weighted by molar-refractivity contribution is 0.367. The monoisotopic (exact) mass is 414 g/mol. The van der Waals surface area contributed by atoms with Crippen LogP contribution in [-0.2, 0) is 0 Å². The first kappa shape index (κ1) is 21.4. The fourth-order valence-corrected chi connectivity index (χ4v) is 9.40. The minimum atomic E-state index is -2.30. The summed E-state index contributed by atoms with van der Waals surface area (Å²) < 4.78 is 0. The third-order valence-corrected chi connectivity index (χ3v) is 10.4. The van der Waals surface area contributed by atoms with Gasteiger partial charge in [0.15, 0.2) is 0 Å². The molecule has 3 fully saturated rings. The Morgan fingerprint density at radius 2 is 0.897 bits per heavy atom. The molecule has 1 aromatic carbocycles. The Kier molecular flexibility index (Phi) is 8.06. The van der Waals surface area contributed by atoms with E-state index in [-0.39, 0.29) is 0 Å². The molecule has 0 heterocycles. The maximum Gasteiger partial charge on any atom is 0.397 e. The number of hydrogen-bond donors (Lipinski definition) is 4. The van der Waals surface area contributed by atoms with E-state index >= 15 is 0 Å². The minimum Gasteiger partial charge on any atom is -0.374 e. The van der Waals surface area contributed by atoms with E-state index in [1.165, 1.54) is 102 Å². The van der Waals surface area contributed by atoms with Crippen molar-refractivity contribution in [2.75, 3.05) is 4.98 Å². The molecule has 3 aliphatic rings. The van der Waals surface area contributed by atoms with Crippen molar-refractivity contribution in [3.63, 3.8) is 0 Å². The summed E-state index contributed by atoms with van der Waals surface area (Å²) in [7, 11) is -2.30. The maximum absolute atomic E-state index is 4.22. The Hall–Kier alpha value is -0.883. The van der Waals surface area contributed by atoms with Crippen molar-refractivity contribution in [1.29, 1.82) is 0 Å². The molecule has 0 radical (unpaired) electrons. The van der Waals surface area contributed by atoms with E-state index in [9.17, 15) is 0 Å². The van der Waals surface area contributed by atoms with Gasteiger partial charge in [0.05, 0.1) is 0 Å². The zero-order valence-electron chi connectivity index (χ0n) is 18.2. The van der Waals surface area contributed by atoms with Crippen molar-refractivity contribution in [3.05, 3.63) is 30.3 Å². The number of anilines is 1. The second kappa shape index (κ2) is 10.9. The van der Waals surface area contributed by atoms with E-state index in [2.05, 4.69) is 50.3 Å². The van der Waals surface area contributed by atoms with Crippen molar-refractivity contribution < 1.29 is 0 Å². The Bertz CT molecular complexity index is 527. The van der Waals surface area contributed by atoms with E-state index in [1.807, 2.05) is 0 Å². The molecule has 4 N–H and O–H groups in total. The second-order valence-corrected chi connectivity index (χ2v) is 12.3. The van der Waals surface area contributed by atoms with Gasteiger partial charge in [-0.1, -0.05) is 76.0 Å². The van der Waals surface area contributed by atoms with Crippen molar-refractivity contribution in [2.45, 2.75) is 114 Å². The molecule has 0 unspecified atom stereocenters. The van der Waals surface area contributed by atoms with Crippen LogP contribution in [-0.4, -0.2) is 26.8 Å². The molecule has 0 saturated heterocycles. The van der Waals surface area contributed by atoms with Crippen molar-refractivity contribution >= 4 is 14.4 Å². The van der Waals surface area contributed by atoms with Gasteiger partial charge in [0.2, 0.25) is 0 Å². The van der Waals surface area contributed by atoms with E-state index in [0.29, 0.717) is 18.1 Å². The van der Waals surface area contributed by atoms with Gasteiger partial charge in [0, 0.05) is 23.8 Å². The van der Waals surface area contributed by atoms with Crippen LogP contribution < -0.4 is 19.9 Å². The molecule has 0 aromatic heterocycles. The molecule has 29 heavy (non-hydrogen) atoms. The Balaban J connectivity index is 1.57. The predicted octanol–water partition coefficient (Wildman–Crippen LogP) is 5.30. The molecule has 3 aliphatic carbocycles. The average molecular weight is 415 g/mol. The van der Waals surface area contributed by atoms with Gasteiger partial charge in [-0.15, -0.1) is 0 Å². The molecule has 0 aliphatic heterocycles. The number of nitrogens with one attached hydrogen (secondary N) is 4. The highest BCUT2D eigenvalue weighted by Crippen LogP contribution is 2.24. The first-order valence-electron chi connectivity index (χ1n) is 12.5. The van der Waals surface area contributed by atoms with Crippen LogP contribution in [0.15, 0.2) is 30.3 Å². The largest absolute Gasteiger partial charge is 0.397 e. The fourth-order valence-electron chi connectivity index (χ4n) is 5.63. The summed E-state index contributed by atoms with van der Waals surface area (Å²) in [5, 5.41) is 0. The van der Waals surface area contributed by atoms with Gasteiger partial charge < -0.3 is 4.98 Å². The molecule has 5 heteroatoms. The molecule has 1 aromatic rings. The summed E-state index contributed by atoms with van der Waals surface area (Å²) >= 11 is 0. The highest BCUT2D eigenvalue weighted by Gasteiger charge is 2.42. The van der Waals surface area contributed by atoms with Gasteiger partial charge in [-0.2, -0.15) is 0 Å². The molecule has 0 spiro atoms. The molecule has 4 nitrogen and oxygen atoms in total. The van der Waals surface area contributed by atoms with Crippen LogP contribution in [0, 0.1) is 0 Å². The van der Waals surface area contributed by atoms with Gasteiger partial charge in [-0.3, -0.25) is 14.9 Å². The van der Waals surface area contributed by atoms with E-state index in [0.717, 1.165) is 0 Å². The fraction of sp³-hybridized carbons (Fsp3) is 0.750. The quantitative estimate of drug-likeness (QED) is 0.436. The average Bonchev–Trinajstić information content (AvgIpc) is 2.76. The maximum atomic E-state index is 4.22. The highest BCUT2D eigenvalue weighted by atomic mass is 28.4. The summed E-state index contributed by atoms with van der Waals surface area (Å²) in [4.78, 5) is 16.7. The topological polar surface area (TPSA) is 48.1 Å². The van der Waals surface area contributed by atoms with Gasteiger partial charge >= 0.3 is 8.72 Å². The lowest BCUT2D eigenvalue weighted by Crippen LogP contribution is -2.82. The molecule has 0 amide bonds. The molecular weight excluding hydrogens is 372 g/mol. The normalized spacial score (nSPS) is 23.2. The summed E-state index contributed by atoms with van der Waals surface area (Å²) in [6, 6.07) is 12.8. The molecule has 4 rings (SSSR count). The number of para-hydroxylation sites is 1. The van der Waals surface area contributed by atoms with Crippen LogP contribution in [0.4, 0.5) is 5.69 Å². The molecule has 0 bridgehead atoms. The van der Waals surface area contributed by atoms with Crippen LogP contribution in [0.1, 0.15) is 96.3 Å². The SMILES string of the molecule is c1ccc(N[Si](NC2CCCCC2)(NC2CCCCC2)NC2CCCCC2)cc1.